The molecule has 15 heteroatoms. The Morgan fingerprint density at radius 1 is 1.00 bits per heavy atom. The van der Waals surface area contributed by atoms with Crippen LogP contribution in [0.4, 0.5) is 39.5 Å². The molecular formula is C11H12F9NO4S. The molecule has 154 valence electrons. The van der Waals surface area contributed by atoms with Crippen LogP contribution in [0.3, 0.4) is 0 Å². The van der Waals surface area contributed by atoms with E-state index in [2.05, 4.69) is 11.3 Å². The zero-order valence-corrected chi connectivity index (χ0v) is 13.8. The lowest BCUT2D eigenvalue weighted by molar-refractivity contribution is -0.382. The maximum absolute atomic E-state index is 13.5. The Balaban J connectivity index is 5.61. The van der Waals surface area contributed by atoms with Crippen molar-refractivity contribution in [1.29, 1.82) is 0 Å². The van der Waals surface area contributed by atoms with E-state index < -0.39 is 56.7 Å². The van der Waals surface area contributed by atoms with Gasteiger partial charge in [-0.05, 0) is 6.92 Å². The van der Waals surface area contributed by atoms with Crippen LogP contribution in [-0.4, -0.2) is 62.2 Å². The fraction of sp³-hybridized carbons (Fsp3) is 0.727. The summed E-state index contributed by atoms with van der Waals surface area (Å²) in [6.07, 6.45) is -7.15. The molecule has 5 nitrogen and oxygen atoms in total. The highest BCUT2D eigenvalue weighted by atomic mass is 32.2. The molecule has 0 aliphatic carbocycles. The van der Waals surface area contributed by atoms with E-state index in [0.29, 0.717) is 0 Å². The molecule has 0 saturated heterocycles. The summed E-state index contributed by atoms with van der Waals surface area (Å²) in [5, 5.41) is -6.83. The van der Waals surface area contributed by atoms with E-state index in [9.17, 15) is 52.7 Å². The quantitative estimate of drug-likeness (QED) is 0.341. The number of hydrogen-bond acceptors (Lipinski definition) is 4. The van der Waals surface area contributed by atoms with Crippen LogP contribution in [0, 0.1) is 0 Å². The van der Waals surface area contributed by atoms with Crippen LogP contribution in [0.1, 0.15) is 6.92 Å². The summed E-state index contributed by atoms with van der Waals surface area (Å²) in [6.45, 7) is 2.04. The number of carbonyl (C=O) groups is 1. The number of likely N-dealkylation sites (N-methyl/N-ethyl adjacent to an activating group) is 1. The van der Waals surface area contributed by atoms with Gasteiger partial charge in [-0.25, -0.2) is 13.2 Å². The molecule has 0 aliphatic rings. The largest absolute Gasteiger partial charge is 0.461 e. The molecule has 0 aromatic heterocycles. The van der Waals surface area contributed by atoms with Gasteiger partial charge in [-0.2, -0.15) is 43.8 Å². The van der Waals surface area contributed by atoms with Gasteiger partial charge in [0.15, 0.2) is 0 Å². The van der Waals surface area contributed by atoms with Crippen LogP contribution in [0.15, 0.2) is 12.2 Å². The van der Waals surface area contributed by atoms with E-state index in [1.54, 1.807) is 0 Å². The number of nitrogens with zero attached hydrogens (tertiary/aromatic N) is 1. The Morgan fingerprint density at radius 2 is 1.42 bits per heavy atom. The summed E-state index contributed by atoms with van der Waals surface area (Å²) < 4.78 is 141. The van der Waals surface area contributed by atoms with E-state index in [1.165, 1.54) is 0 Å². The standard InChI is InChI=1S/C11H12F9NO4S/c1-6(2)7(22)25-5-4-21(3)26(23,24)11(19,20)9(14,15)8(12,13)10(16,17)18/h1,4-5H2,2-3H3. The topological polar surface area (TPSA) is 63.7 Å². The fourth-order valence-corrected chi connectivity index (χ4v) is 2.39. The van der Waals surface area contributed by atoms with Gasteiger partial charge in [0, 0.05) is 19.2 Å². The average molecular weight is 425 g/mol. The predicted molar refractivity (Wildman–Crippen MR) is 68.2 cm³/mol. The zero-order valence-electron chi connectivity index (χ0n) is 13.0. The second-order valence-corrected chi connectivity index (χ2v) is 6.99. The van der Waals surface area contributed by atoms with Gasteiger partial charge < -0.3 is 4.74 Å². The Hall–Kier alpha value is -1.51. The Kier molecular flexibility index (Phi) is 6.83. The molecule has 0 rings (SSSR count). The first kappa shape index (κ1) is 24.5. The van der Waals surface area contributed by atoms with E-state index in [0.717, 1.165) is 6.92 Å². The van der Waals surface area contributed by atoms with Gasteiger partial charge in [0.05, 0.1) is 0 Å². The van der Waals surface area contributed by atoms with Crippen LogP contribution in [-0.2, 0) is 19.6 Å². The first-order valence-corrected chi connectivity index (χ1v) is 7.67. The van der Waals surface area contributed by atoms with Crippen LogP contribution >= 0.6 is 0 Å². The third-order valence-corrected chi connectivity index (χ3v) is 4.75. The lowest BCUT2D eigenvalue weighted by Gasteiger charge is -2.34. The monoisotopic (exact) mass is 425 g/mol. The Morgan fingerprint density at radius 3 is 1.77 bits per heavy atom. The normalized spacial score (nSPS) is 14.5. The maximum Gasteiger partial charge on any atom is 0.460 e. The third-order valence-electron chi connectivity index (χ3n) is 2.84. The van der Waals surface area contributed by atoms with Crippen LogP contribution in [0.2, 0.25) is 0 Å². The number of esters is 1. The molecule has 0 heterocycles. The summed E-state index contributed by atoms with van der Waals surface area (Å²) in [5.41, 5.74) is -0.197. The lowest BCUT2D eigenvalue weighted by Crippen LogP contribution is -2.65. The molecule has 0 fully saturated rings. The molecule has 0 saturated carbocycles. The highest BCUT2D eigenvalue weighted by molar-refractivity contribution is 7.90. The fourth-order valence-electron chi connectivity index (χ4n) is 1.23. The minimum atomic E-state index is -7.34. The highest BCUT2D eigenvalue weighted by Crippen LogP contribution is 2.55. The molecule has 0 atom stereocenters. The average Bonchev–Trinajstić information content (AvgIpc) is 2.44. The molecule has 0 radical (unpaired) electrons. The van der Waals surface area contributed by atoms with Crippen LogP contribution in [0.5, 0.6) is 0 Å². The van der Waals surface area contributed by atoms with Gasteiger partial charge in [0.2, 0.25) is 0 Å². The van der Waals surface area contributed by atoms with Gasteiger partial charge in [0.1, 0.15) is 6.61 Å². The smallest absolute Gasteiger partial charge is 0.460 e. The van der Waals surface area contributed by atoms with Gasteiger partial charge >= 0.3 is 29.2 Å². The van der Waals surface area contributed by atoms with Gasteiger partial charge in [-0.15, -0.1) is 0 Å². The summed E-state index contributed by atoms with van der Waals surface area (Å²) in [5.74, 6) is -15.8. The molecule has 0 N–H and O–H groups in total. The minimum absolute atomic E-state index is 0.194. The molecule has 0 aromatic rings. The van der Waals surface area contributed by atoms with Gasteiger partial charge in [-0.3, -0.25) is 0 Å². The SMILES string of the molecule is C=C(C)C(=O)OCCN(C)S(=O)(=O)C(F)(F)C(F)(F)C(F)(F)C(F)(F)F. The lowest BCUT2D eigenvalue weighted by atomic mass is 10.1. The molecule has 0 amide bonds. The van der Waals surface area contributed by atoms with Crippen molar-refractivity contribution in [2.24, 2.45) is 0 Å². The van der Waals surface area contributed by atoms with Crippen LogP contribution in [0.25, 0.3) is 0 Å². The molecule has 0 aliphatic heterocycles. The summed E-state index contributed by atoms with van der Waals surface area (Å²) in [7, 11) is -6.51. The van der Waals surface area contributed by atoms with Gasteiger partial charge in [-0.1, -0.05) is 6.58 Å². The molecule has 0 aromatic carbocycles. The highest BCUT2D eigenvalue weighted by Gasteiger charge is 2.85. The van der Waals surface area contributed by atoms with Crippen molar-refractivity contribution in [1.82, 2.24) is 4.31 Å². The molecule has 26 heavy (non-hydrogen) atoms. The van der Waals surface area contributed by atoms with E-state index in [-0.39, 0.29) is 12.6 Å². The summed E-state index contributed by atoms with van der Waals surface area (Å²) >= 11 is 0. The zero-order chi connectivity index (χ0) is 21.4. The molecule has 0 spiro atoms. The summed E-state index contributed by atoms with van der Waals surface area (Å²) in [6, 6.07) is 0. The second-order valence-electron chi connectivity index (χ2n) is 4.91. The Bertz CT molecular complexity index is 657. The Labute approximate surface area is 141 Å². The predicted octanol–water partition coefficient (Wildman–Crippen LogP) is 2.79. The molecule has 0 bridgehead atoms. The minimum Gasteiger partial charge on any atom is -0.461 e. The number of carbonyl (C=O) groups excluding carboxylic acids is 1. The van der Waals surface area contributed by atoms with Crippen molar-refractivity contribution >= 4 is 16.0 Å². The number of alkyl halides is 9. The number of halogens is 9. The number of sulfonamides is 1. The van der Waals surface area contributed by atoms with E-state index in [1.807, 2.05) is 0 Å². The third kappa shape index (κ3) is 4.07. The first-order valence-electron chi connectivity index (χ1n) is 6.23. The maximum atomic E-state index is 13.5. The van der Waals surface area contributed by atoms with Crippen molar-refractivity contribution in [3.63, 3.8) is 0 Å². The number of ether oxygens (including phenoxy) is 1. The van der Waals surface area contributed by atoms with Crippen molar-refractivity contribution in [2.45, 2.75) is 30.2 Å². The van der Waals surface area contributed by atoms with Crippen molar-refractivity contribution in [2.75, 3.05) is 20.2 Å². The number of rotatable bonds is 8. The van der Waals surface area contributed by atoms with Crippen molar-refractivity contribution in [3.8, 4) is 0 Å². The van der Waals surface area contributed by atoms with Crippen LogP contribution < -0.4 is 0 Å². The molecule has 0 unspecified atom stereocenters. The van der Waals surface area contributed by atoms with E-state index >= 15 is 0 Å². The van der Waals surface area contributed by atoms with Gasteiger partial charge in [0.25, 0.3) is 10.0 Å². The second kappa shape index (κ2) is 7.25. The number of hydrogen-bond donors (Lipinski definition) is 0. The molecular weight excluding hydrogens is 413 g/mol. The first-order chi connectivity index (χ1) is 11.2. The van der Waals surface area contributed by atoms with E-state index in [4.69, 9.17) is 0 Å². The van der Waals surface area contributed by atoms with Crippen molar-refractivity contribution in [3.05, 3.63) is 12.2 Å². The summed E-state index contributed by atoms with van der Waals surface area (Å²) in [4.78, 5) is 11.0. The van der Waals surface area contributed by atoms with Crippen molar-refractivity contribution < 1.29 is 57.5 Å².